The number of hydrogen-bond donors (Lipinski definition) is 0. The van der Waals surface area contributed by atoms with Gasteiger partial charge in [-0.1, -0.05) is 36.4 Å². The zero-order valence-electron chi connectivity index (χ0n) is 9.44. The average Bonchev–Trinajstić information content (AvgIpc) is 2.39. The largest absolute Gasteiger partial charge is 0.192 e. The summed E-state index contributed by atoms with van der Waals surface area (Å²) in [7, 11) is 0. The minimum absolute atomic E-state index is 0.557. The van der Waals surface area contributed by atoms with Crippen molar-refractivity contribution in [3.05, 3.63) is 59.2 Å². The van der Waals surface area contributed by atoms with Crippen LogP contribution >= 0.6 is 0 Å². The highest BCUT2D eigenvalue weighted by Crippen LogP contribution is 2.27. The lowest BCUT2D eigenvalue weighted by atomic mass is 9.94. The van der Waals surface area contributed by atoms with Crippen LogP contribution in [0.25, 0.3) is 11.1 Å². The molecular weight excluding hydrogens is 208 g/mol. The molecule has 0 N–H and O–H groups in total. The van der Waals surface area contributed by atoms with E-state index in [1.165, 1.54) is 0 Å². The van der Waals surface area contributed by atoms with E-state index in [2.05, 4.69) is 12.1 Å². The molecule has 2 aromatic rings. The molecule has 17 heavy (non-hydrogen) atoms. The van der Waals surface area contributed by atoms with Gasteiger partial charge in [-0.2, -0.15) is 10.5 Å². The minimum Gasteiger partial charge on any atom is -0.192 e. The lowest BCUT2D eigenvalue weighted by molar-refractivity contribution is 1.35. The van der Waals surface area contributed by atoms with Gasteiger partial charge in [-0.05, 0) is 29.7 Å². The Hall–Kier alpha value is -2.58. The molecule has 0 aromatic heterocycles. The molecule has 0 spiro atoms. The maximum Gasteiger partial charge on any atom is 0.100 e. The van der Waals surface area contributed by atoms with E-state index < -0.39 is 0 Å². The molecule has 2 rings (SSSR count). The molecule has 0 radical (unpaired) electrons. The van der Waals surface area contributed by atoms with Crippen LogP contribution in [0.15, 0.2) is 42.5 Å². The van der Waals surface area contributed by atoms with E-state index in [4.69, 9.17) is 5.26 Å². The van der Waals surface area contributed by atoms with Crippen LogP contribution < -0.4 is 0 Å². The van der Waals surface area contributed by atoms with Gasteiger partial charge in [0.15, 0.2) is 0 Å². The highest BCUT2D eigenvalue weighted by Gasteiger charge is 2.10. The highest BCUT2D eigenvalue weighted by atomic mass is 14.3. The molecule has 0 amide bonds. The molecule has 80 valence electrons. The van der Waals surface area contributed by atoms with Gasteiger partial charge in [0, 0.05) is 0 Å². The van der Waals surface area contributed by atoms with E-state index in [0.29, 0.717) is 11.1 Å². The van der Waals surface area contributed by atoms with Crippen molar-refractivity contribution in [1.29, 1.82) is 10.5 Å². The third-order valence-electron chi connectivity index (χ3n) is 2.78. The molecule has 0 atom stereocenters. The SMILES string of the molecule is Cc1c(C#N)ccc(-c2ccccc2)c1C#N. The first-order valence-corrected chi connectivity index (χ1v) is 5.27. The van der Waals surface area contributed by atoms with Crippen LogP contribution in [-0.4, -0.2) is 0 Å². The molecule has 0 saturated heterocycles. The van der Waals surface area contributed by atoms with Gasteiger partial charge in [-0.3, -0.25) is 0 Å². The Balaban J connectivity index is 2.70. The van der Waals surface area contributed by atoms with E-state index in [0.717, 1.165) is 16.7 Å². The maximum absolute atomic E-state index is 9.22. The smallest absolute Gasteiger partial charge is 0.100 e. The van der Waals surface area contributed by atoms with Crippen LogP contribution in [0, 0.1) is 29.6 Å². The van der Waals surface area contributed by atoms with E-state index in [1.54, 1.807) is 6.07 Å². The predicted octanol–water partition coefficient (Wildman–Crippen LogP) is 3.41. The summed E-state index contributed by atoms with van der Waals surface area (Å²) >= 11 is 0. The van der Waals surface area contributed by atoms with Crippen molar-refractivity contribution in [1.82, 2.24) is 0 Å². The Morgan fingerprint density at radius 3 is 2.18 bits per heavy atom. The Morgan fingerprint density at radius 2 is 1.59 bits per heavy atom. The fourth-order valence-electron chi connectivity index (χ4n) is 1.84. The topological polar surface area (TPSA) is 47.6 Å². The first-order valence-electron chi connectivity index (χ1n) is 5.27. The van der Waals surface area contributed by atoms with Crippen molar-refractivity contribution in [3.63, 3.8) is 0 Å². The molecule has 0 bridgehead atoms. The fourth-order valence-corrected chi connectivity index (χ4v) is 1.84. The number of nitriles is 2. The van der Waals surface area contributed by atoms with Crippen LogP contribution in [0.2, 0.25) is 0 Å². The molecule has 0 aliphatic rings. The number of nitrogens with zero attached hydrogens (tertiary/aromatic N) is 2. The summed E-state index contributed by atoms with van der Waals surface area (Å²) in [6.45, 7) is 1.81. The molecule has 0 unspecified atom stereocenters. The lowest BCUT2D eigenvalue weighted by Crippen LogP contribution is -1.92. The summed E-state index contributed by atoms with van der Waals surface area (Å²) in [4.78, 5) is 0. The van der Waals surface area contributed by atoms with Gasteiger partial charge in [0.25, 0.3) is 0 Å². The second kappa shape index (κ2) is 4.51. The van der Waals surface area contributed by atoms with Gasteiger partial charge in [0.1, 0.15) is 6.07 Å². The molecule has 2 aromatic carbocycles. The Morgan fingerprint density at radius 1 is 0.882 bits per heavy atom. The first-order chi connectivity index (χ1) is 8.27. The Bertz CT molecular complexity index is 628. The molecule has 0 aliphatic carbocycles. The summed E-state index contributed by atoms with van der Waals surface area (Å²) < 4.78 is 0. The molecule has 0 heterocycles. The third-order valence-corrected chi connectivity index (χ3v) is 2.78. The monoisotopic (exact) mass is 218 g/mol. The second-order valence-corrected chi connectivity index (χ2v) is 3.75. The quantitative estimate of drug-likeness (QED) is 0.736. The molecule has 0 saturated carbocycles. The van der Waals surface area contributed by atoms with Crippen LogP contribution in [0.3, 0.4) is 0 Å². The molecule has 0 fully saturated rings. The summed E-state index contributed by atoms with van der Waals surface area (Å²) in [5.74, 6) is 0. The Kier molecular flexibility index (Phi) is 2.90. The normalized spacial score (nSPS) is 9.35. The molecule has 2 nitrogen and oxygen atoms in total. The van der Waals surface area contributed by atoms with Crippen molar-refractivity contribution in [2.75, 3.05) is 0 Å². The zero-order chi connectivity index (χ0) is 12.3. The summed E-state index contributed by atoms with van der Waals surface area (Å²) in [5.41, 5.74) is 3.76. The van der Waals surface area contributed by atoms with Crippen LogP contribution in [0.5, 0.6) is 0 Å². The number of hydrogen-bond acceptors (Lipinski definition) is 2. The van der Waals surface area contributed by atoms with E-state index in [-0.39, 0.29) is 0 Å². The zero-order valence-corrected chi connectivity index (χ0v) is 9.44. The predicted molar refractivity (Wildman–Crippen MR) is 66.0 cm³/mol. The van der Waals surface area contributed by atoms with Gasteiger partial charge in [-0.25, -0.2) is 0 Å². The average molecular weight is 218 g/mol. The van der Waals surface area contributed by atoms with Crippen molar-refractivity contribution in [2.24, 2.45) is 0 Å². The van der Waals surface area contributed by atoms with E-state index >= 15 is 0 Å². The van der Waals surface area contributed by atoms with Gasteiger partial charge in [-0.15, -0.1) is 0 Å². The van der Waals surface area contributed by atoms with Crippen LogP contribution in [0.4, 0.5) is 0 Å². The highest BCUT2D eigenvalue weighted by molar-refractivity contribution is 5.73. The molecule has 2 heteroatoms. The maximum atomic E-state index is 9.22. The number of benzene rings is 2. The second-order valence-electron chi connectivity index (χ2n) is 3.75. The van der Waals surface area contributed by atoms with Crippen LogP contribution in [0.1, 0.15) is 16.7 Å². The van der Waals surface area contributed by atoms with Gasteiger partial charge >= 0.3 is 0 Å². The van der Waals surface area contributed by atoms with Gasteiger partial charge in [0.05, 0.1) is 17.2 Å². The molecule has 0 aliphatic heterocycles. The third kappa shape index (κ3) is 1.89. The fraction of sp³-hybridized carbons (Fsp3) is 0.0667. The van der Waals surface area contributed by atoms with Crippen molar-refractivity contribution in [2.45, 2.75) is 6.92 Å². The van der Waals surface area contributed by atoms with Gasteiger partial charge in [0.2, 0.25) is 0 Å². The standard InChI is InChI=1S/C15H10N2/c1-11-13(9-16)7-8-14(15(11)10-17)12-5-3-2-4-6-12/h2-8H,1H3. The van der Waals surface area contributed by atoms with Crippen molar-refractivity contribution in [3.8, 4) is 23.3 Å². The van der Waals surface area contributed by atoms with Gasteiger partial charge < -0.3 is 0 Å². The van der Waals surface area contributed by atoms with E-state index in [1.807, 2.05) is 43.3 Å². The van der Waals surface area contributed by atoms with E-state index in [9.17, 15) is 5.26 Å². The molecular formula is C15H10N2. The van der Waals surface area contributed by atoms with Crippen LogP contribution in [-0.2, 0) is 0 Å². The summed E-state index contributed by atoms with van der Waals surface area (Å²) in [6, 6.07) is 17.6. The first kappa shape index (κ1) is 10.9. The minimum atomic E-state index is 0.557. The lowest BCUT2D eigenvalue weighted by Gasteiger charge is -2.08. The van der Waals surface area contributed by atoms with Crippen molar-refractivity contribution < 1.29 is 0 Å². The summed E-state index contributed by atoms with van der Waals surface area (Å²) in [6.07, 6.45) is 0. The number of rotatable bonds is 1. The summed E-state index contributed by atoms with van der Waals surface area (Å²) in [5, 5.41) is 18.2. The Labute approximate surface area is 100 Å². The van der Waals surface area contributed by atoms with Crippen molar-refractivity contribution >= 4 is 0 Å².